The summed E-state index contributed by atoms with van der Waals surface area (Å²) in [6.07, 6.45) is 5.78. The largest absolute Gasteiger partial charge is 0.493 e. The van der Waals surface area contributed by atoms with E-state index in [1.54, 1.807) is 30.6 Å². The number of anilines is 1. The number of aromatic nitrogens is 2. The minimum absolute atomic E-state index is 0.0918. The van der Waals surface area contributed by atoms with E-state index in [1.807, 2.05) is 0 Å². The number of likely N-dealkylation sites (tertiary alicyclic amines) is 1. The van der Waals surface area contributed by atoms with E-state index in [0.29, 0.717) is 59.0 Å². The van der Waals surface area contributed by atoms with Crippen molar-refractivity contribution >= 4 is 22.5 Å². The van der Waals surface area contributed by atoms with E-state index in [0.717, 1.165) is 45.0 Å². The van der Waals surface area contributed by atoms with Crippen LogP contribution in [0.1, 0.15) is 35.2 Å². The fourth-order valence-corrected chi connectivity index (χ4v) is 6.33. The number of hydrogen-bond donors (Lipinski definition) is 2. The summed E-state index contributed by atoms with van der Waals surface area (Å²) in [5.74, 6) is -0.616. The fourth-order valence-electron chi connectivity index (χ4n) is 6.33. The van der Waals surface area contributed by atoms with E-state index < -0.39 is 23.1 Å². The molecule has 0 atom stereocenters. The van der Waals surface area contributed by atoms with E-state index >= 15 is 4.39 Å². The SMILES string of the molecule is COc1cc2c(Oc3ccc(NC(=O)c4c5c(cn(-c6ccc(F)cc6)c4=O)CCO5)cc3F)ccnc2cc1OCCCN1CCC(O)CC1. The third-order valence-electron chi connectivity index (χ3n) is 9.02. The number of aliphatic hydroxyl groups excluding tert-OH is 1. The van der Waals surface area contributed by atoms with Gasteiger partial charge in [0.2, 0.25) is 0 Å². The average molecular weight is 699 g/mol. The van der Waals surface area contributed by atoms with Crippen molar-refractivity contribution < 1.29 is 37.6 Å². The molecular formula is C38H36F2N4O7. The number of aliphatic hydroxyl groups is 1. The zero-order valence-corrected chi connectivity index (χ0v) is 27.9. The van der Waals surface area contributed by atoms with Crippen LogP contribution in [0.3, 0.4) is 0 Å². The average Bonchev–Trinajstić information content (AvgIpc) is 3.60. The highest BCUT2D eigenvalue weighted by molar-refractivity contribution is 6.06. The molecule has 0 bridgehead atoms. The molecule has 2 aromatic heterocycles. The number of benzene rings is 3. The van der Waals surface area contributed by atoms with Gasteiger partial charge in [-0.3, -0.25) is 19.1 Å². The minimum Gasteiger partial charge on any atom is -0.493 e. The molecule has 11 nitrogen and oxygen atoms in total. The number of nitrogens with one attached hydrogen (secondary N) is 1. The maximum atomic E-state index is 15.5. The number of hydrogen-bond acceptors (Lipinski definition) is 9. The molecule has 4 heterocycles. The number of carbonyl (C=O) groups excluding carboxylic acids is 1. The lowest BCUT2D eigenvalue weighted by molar-refractivity contribution is 0.0799. The van der Waals surface area contributed by atoms with Crippen LogP contribution < -0.4 is 29.8 Å². The molecular weight excluding hydrogens is 662 g/mol. The lowest BCUT2D eigenvalue weighted by Crippen LogP contribution is -2.36. The van der Waals surface area contributed by atoms with Gasteiger partial charge in [-0.05, 0) is 67.8 Å². The Morgan fingerprint density at radius 3 is 2.59 bits per heavy atom. The highest BCUT2D eigenvalue weighted by Crippen LogP contribution is 2.38. The molecule has 5 aromatic rings. The zero-order chi connectivity index (χ0) is 35.5. The second-order valence-corrected chi connectivity index (χ2v) is 12.4. The van der Waals surface area contributed by atoms with Gasteiger partial charge in [0.05, 0.1) is 31.9 Å². The predicted octanol–water partition coefficient (Wildman–Crippen LogP) is 5.88. The molecule has 0 saturated carbocycles. The number of amides is 1. The van der Waals surface area contributed by atoms with E-state index in [9.17, 15) is 19.1 Å². The van der Waals surface area contributed by atoms with Crippen LogP contribution in [0.5, 0.6) is 28.7 Å². The molecule has 3 aromatic carbocycles. The Kier molecular flexibility index (Phi) is 9.82. The number of rotatable bonds is 11. The summed E-state index contributed by atoms with van der Waals surface area (Å²) in [6.45, 7) is 3.37. The van der Waals surface area contributed by atoms with Gasteiger partial charge >= 0.3 is 0 Å². The van der Waals surface area contributed by atoms with Gasteiger partial charge in [-0.15, -0.1) is 0 Å². The molecule has 2 N–H and O–H groups in total. The molecule has 2 aliphatic rings. The molecule has 264 valence electrons. The number of nitrogens with zero attached hydrogens (tertiary/aromatic N) is 3. The highest BCUT2D eigenvalue weighted by Gasteiger charge is 2.27. The van der Waals surface area contributed by atoms with Gasteiger partial charge in [0, 0.05) is 72.9 Å². The first kappa shape index (κ1) is 33.9. The summed E-state index contributed by atoms with van der Waals surface area (Å²) >= 11 is 0. The quantitative estimate of drug-likeness (QED) is 0.163. The number of halogens is 2. The maximum absolute atomic E-state index is 15.5. The Bertz CT molecular complexity index is 2130. The Morgan fingerprint density at radius 2 is 1.82 bits per heavy atom. The van der Waals surface area contributed by atoms with Crippen LogP contribution >= 0.6 is 0 Å². The molecule has 51 heavy (non-hydrogen) atoms. The van der Waals surface area contributed by atoms with Crippen LogP contribution in [-0.4, -0.2) is 71.5 Å². The van der Waals surface area contributed by atoms with Gasteiger partial charge in [0.15, 0.2) is 23.1 Å². The van der Waals surface area contributed by atoms with Crippen LogP contribution in [0.15, 0.2) is 77.9 Å². The number of carbonyl (C=O) groups is 1. The number of piperidine rings is 1. The van der Waals surface area contributed by atoms with Crippen molar-refractivity contribution in [1.29, 1.82) is 0 Å². The Balaban J connectivity index is 1.06. The lowest BCUT2D eigenvalue weighted by atomic mass is 10.1. The van der Waals surface area contributed by atoms with Crippen molar-refractivity contribution in [3.05, 3.63) is 106 Å². The summed E-state index contributed by atoms with van der Waals surface area (Å²) in [4.78, 5) is 33.7. The maximum Gasteiger partial charge on any atom is 0.271 e. The highest BCUT2D eigenvalue weighted by atomic mass is 19.1. The second kappa shape index (κ2) is 14.8. The molecule has 0 spiro atoms. The summed E-state index contributed by atoms with van der Waals surface area (Å²) in [5.41, 5.74) is 0.782. The van der Waals surface area contributed by atoms with Gasteiger partial charge in [-0.1, -0.05) is 0 Å². The van der Waals surface area contributed by atoms with Gasteiger partial charge in [0.25, 0.3) is 11.5 Å². The zero-order valence-electron chi connectivity index (χ0n) is 27.9. The summed E-state index contributed by atoms with van der Waals surface area (Å²) in [7, 11) is 1.53. The minimum atomic E-state index is -0.778. The van der Waals surface area contributed by atoms with Crippen LogP contribution in [0.4, 0.5) is 14.5 Å². The van der Waals surface area contributed by atoms with Crippen molar-refractivity contribution in [2.45, 2.75) is 31.8 Å². The topological polar surface area (TPSA) is 124 Å². The van der Waals surface area contributed by atoms with E-state index in [-0.39, 0.29) is 28.9 Å². The van der Waals surface area contributed by atoms with Crippen LogP contribution in [0.25, 0.3) is 16.6 Å². The van der Waals surface area contributed by atoms with E-state index in [2.05, 4.69) is 15.2 Å². The first-order valence-corrected chi connectivity index (χ1v) is 16.7. The molecule has 7 rings (SSSR count). The van der Waals surface area contributed by atoms with Crippen molar-refractivity contribution in [3.8, 4) is 34.4 Å². The van der Waals surface area contributed by atoms with Crippen molar-refractivity contribution in [1.82, 2.24) is 14.5 Å². The van der Waals surface area contributed by atoms with Crippen LogP contribution in [0, 0.1) is 11.6 Å². The lowest BCUT2D eigenvalue weighted by Gasteiger charge is -2.29. The van der Waals surface area contributed by atoms with Crippen molar-refractivity contribution in [2.75, 3.05) is 45.3 Å². The van der Waals surface area contributed by atoms with E-state index in [1.165, 1.54) is 48.1 Å². The van der Waals surface area contributed by atoms with Crippen LogP contribution in [-0.2, 0) is 6.42 Å². The third-order valence-corrected chi connectivity index (χ3v) is 9.02. The smallest absolute Gasteiger partial charge is 0.271 e. The normalized spacial score (nSPS) is 14.6. The molecule has 1 amide bonds. The van der Waals surface area contributed by atoms with Gasteiger partial charge < -0.3 is 34.3 Å². The number of methoxy groups -OCH3 is 1. The molecule has 1 saturated heterocycles. The molecule has 0 unspecified atom stereocenters. The van der Waals surface area contributed by atoms with E-state index in [4.69, 9.17) is 18.9 Å². The second-order valence-electron chi connectivity index (χ2n) is 12.4. The van der Waals surface area contributed by atoms with Gasteiger partial charge in [-0.2, -0.15) is 0 Å². The molecule has 0 aliphatic carbocycles. The Hall–Kier alpha value is -5.53. The standard InChI is InChI=1S/C38H36F2N4O7/c1-48-33-20-28-30(21-34(33)49-17-2-14-43-15-10-27(45)11-16-43)41-13-9-31(28)51-32-8-5-25(19-29(32)40)42-37(46)35-36-23(12-18-50-36)22-44(38(35)47)26-6-3-24(39)4-7-26/h3-9,13,19-22,27,45H,2,10-12,14-18H2,1H3,(H,42,46). The predicted molar refractivity (Wildman–Crippen MR) is 186 cm³/mol. The first-order chi connectivity index (χ1) is 24.8. The monoisotopic (exact) mass is 698 g/mol. The first-order valence-electron chi connectivity index (χ1n) is 16.7. The molecule has 0 radical (unpaired) electrons. The molecule has 13 heteroatoms. The molecule has 2 aliphatic heterocycles. The third kappa shape index (κ3) is 7.35. The fraction of sp³-hybridized carbons (Fsp3) is 0.289. The number of pyridine rings is 2. The van der Waals surface area contributed by atoms with Crippen molar-refractivity contribution in [3.63, 3.8) is 0 Å². The van der Waals surface area contributed by atoms with Gasteiger partial charge in [0.1, 0.15) is 22.9 Å². The van der Waals surface area contributed by atoms with Crippen LogP contribution in [0.2, 0.25) is 0 Å². The summed E-state index contributed by atoms with van der Waals surface area (Å²) in [6, 6.07) is 14.3. The summed E-state index contributed by atoms with van der Waals surface area (Å²) in [5, 5.41) is 12.9. The Labute approximate surface area is 292 Å². The van der Waals surface area contributed by atoms with Gasteiger partial charge in [-0.25, -0.2) is 8.78 Å². The number of ether oxygens (including phenoxy) is 4. The number of fused-ring (bicyclic) bond motifs is 2. The Morgan fingerprint density at radius 1 is 1.02 bits per heavy atom. The summed E-state index contributed by atoms with van der Waals surface area (Å²) < 4.78 is 53.5. The molecule has 1 fully saturated rings. The van der Waals surface area contributed by atoms with Crippen molar-refractivity contribution in [2.24, 2.45) is 0 Å².